The number of ether oxygens (including phenoxy) is 1. The lowest BCUT2D eigenvalue weighted by molar-refractivity contribution is 0.317. The molecule has 0 radical (unpaired) electrons. The van der Waals surface area contributed by atoms with Gasteiger partial charge in [0.2, 0.25) is 0 Å². The van der Waals surface area contributed by atoms with Gasteiger partial charge in [0.1, 0.15) is 5.75 Å². The highest BCUT2D eigenvalue weighted by Crippen LogP contribution is 2.43. The predicted octanol–water partition coefficient (Wildman–Crippen LogP) is 3.15. The summed E-state index contributed by atoms with van der Waals surface area (Å²) in [5, 5.41) is 0. The largest absolute Gasteiger partial charge is 0.492 e. The van der Waals surface area contributed by atoms with E-state index in [4.69, 9.17) is 10.5 Å². The minimum atomic E-state index is 0.168. The summed E-state index contributed by atoms with van der Waals surface area (Å²) in [7, 11) is 0. The van der Waals surface area contributed by atoms with E-state index >= 15 is 0 Å². The molecule has 1 aromatic rings. The van der Waals surface area contributed by atoms with Crippen LogP contribution in [0.3, 0.4) is 0 Å². The van der Waals surface area contributed by atoms with Crippen molar-refractivity contribution in [1.29, 1.82) is 0 Å². The van der Waals surface area contributed by atoms with E-state index in [1.165, 1.54) is 16.7 Å². The summed E-state index contributed by atoms with van der Waals surface area (Å²) in [4.78, 5) is 0. The molecular weight excluding hydrogens is 222 g/mol. The van der Waals surface area contributed by atoms with E-state index in [1.807, 2.05) is 0 Å². The number of fused-ring (bicyclic) bond motifs is 1. The minimum Gasteiger partial charge on any atom is -0.492 e. The average molecular weight is 243 g/mol. The van der Waals surface area contributed by atoms with Crippen molar-refractivity contribution in [3.8, 4) is 5.75 Å². The van der Waals surface area contributed by atoms with Crippen molar-refractivity contribution in [2.45, 2.75) is 39.2 Å². The zero-order valence-corrected chi connectivity index (χ0v) is 11.2. The van der Waals surface area contributed by atoms with E-state index in [9.17, 15) is 0 Å². The fraction of sp³-hybridized carbons (Fsp3) is 0.500. The molecule has 3 rings (SSSR count). The molecule has 0 spiro atoms. The zero-order chi connectivity index (χ0) is 12.8. The van der Waals surface area contributed by atoms with E-state index in [2.05, 4.69) is 38.1 Å². The standard InChI is InChI=1S/C16H21NO/c1-16(2)9-12(8-13(17)10-16)14-5-3-4-11-6-7-18-15(11)14/h3-5,8,13H,6-7,9-10,17H2,1-2H3. The Kier molecular flexibility index (Phi) is 2.70. The van der Waals surface area contributed by atoms with Gasteiger partial charge in [-0.25, -0.2) is 0 Å². The molecule has 1 unspecified atom stereocenters. The Morgan fingerprint density at radius 3 is 2.94 bits per heavy atom. The highest BCUT2D eigenvalue weighted by Gasteiger charge is 2.29. The topological polar surface area (TPSA) is 35.2 Å². The molecular formula is C16H21NO. The highest BCUT2D eigenvalue weighted by atomic mass is 16.5. The average Bonchev–Trinajstić information content (AvgIpc) is 2.73. The van der Waals surface area contributed by atoms with Crippen molar-refractivity contribution in [2.75, 3.05) is 6.61 Å². The molecule has 1 aliphatic carbocycles. The Morgan fingerprint density at radius 1 is 1.33 bits per heavy atom. The summed E-state index contributed by atoms with van der Waals surface area (Å²) in [6, 6.07) is 6.64. The van der Waals surface area contributed by atoms with Crippen LogP contribution in [0.5, 0.6) is 5.75 Å². The van der Waals surface area contributed by atoms with Crippen LogP contribution in [-0.2, 0) is 6.42 Å². The number of para-hydroxylation sites is 1. The molecule has 2 N–H and O–H groups in total. The maximum Gasteiger partial charge on any atom is 0.130 e. The van der Waals surface area contributed by atoms with E-state index in [0.29, 0.717) is 0 Å². The summed E-state index contributed by atoms with van der Waals surface area (Å²) < 4.78 is 5.80. The molecule has 1 aromatic carbocycles. The second-order valence-electron chi connectivity index (χ2n) is 6.29. The van der Waals surface area contributed by atoms with E-state index in [1.54, 1.807) is 0 Å². The molecule has 2 heteroatoms. The van der Waals surface area contributed by atoms with Gasteiger partial charge >= 0.3 is 0 Å². The lowest BCUT2D eigenvalue weighted by Crippen LogP contribution is -2.30. The smallest absolute Gasteiger partial charge is 0.130 e. The summed E-state index contributed by atoms with van der Waals surface area (Å²) in [6.45, 7) is 5.41. The Balaban J connectivity index is 2.03. The SMILES string of the molecule is CC1(C)CC(c2cccc3c2OCC3)=CC(N)C1. The number of allylic oxidation sites excluding steroid dienone is 1. The number of benzene rings is 1. The van der Waals surface area contributed by atoms with Crippen LogP contribution < -0.4 is 10.5 Å². The molecule has 1 heterocycles. The summed E-state index contributed by atoms with van der Waals surface area (Å²) in [5.74, 6) is 1.09. The first kappa shape index (κ1) is 11.8. The van der Waals surface area contributed by atoms with Crippen LogP contribution in [0.25, 0.3) is 5.57 Å². The van der Waals surface area contributed by atoms with Gasteiger partial charge in [-0.3, -0.25) is 0 Å². The van der Waals surface area contributed by atoms with Crippen molar-refractivity contribution < 1.29 is 4.74 Å². The van der Waals surface area contributed by atoms with Gasteiger partial charge < -0.3 is 10.5 Å². The van der Waals surface area contributed by atoms with Gasteiger partial charge in [0.15, 0.2) is 0 Å². The maximum atomic E-state index is 6.17. The Labute approximate surface area is 109 Å². The number of hydrogen-bond donors (Lipinski definition) is 1. The molecule has 1 aliphatic heterocycles. The molecule has 0 fully saturated rings. The monoisotopic (exact) mass is 243 g/mol. The van der Waals surface area contributed by atoms with Gasteiger partial charge in [-0.05, 0) is 29.4 Å². The number of hydrogen-bond acceptors (Lipinski definition) is 2. The summed E-state index contributed by atoms with van der Waals surface area (Å²) in [5.41, 5.74) is 10.4. The normalized spacial score (nSPS) is 25.3. The first-order chi connectivity index (χ1) is 8.55. The minimum absolute atomic E-state index is 0.168. The molecule has 18 heavy (non-hydrogen) atoms. The first-order valence-electron chi connectivity index (χ1n) is 6.76. The van der Waals surface area contributed by atoms with Crippen molar-refractivity contribution >= 4 is 5.57 Å². The summed E-state index contributed by atoms with van der Waals surface area (Å²) >= 11 is 0. The lowest BCUT2D eigenvalue weighted by Gasteiger charge is -2.33. The van der Waals surface area contributed by atoms with Crippen LogP contribution in [0.15, 0.2) is 24.3 Å². The van der Waals surface area contributed by atoms with Gasteiger partial charge in [0.05, 0.1) is 6.61 Å². The van der Waals surface area contributed by atoms with Crippen LogP contribution in [-0.4, -0.2) is 12.6 Å². The molecule has 0 saturated heterocycles. The maximum absolute atomic E-state index is 6.17. The van der Waals surface area contributed by atoms with Crippen molar-refractivity contribution in [3.05, 3.63) is 35.4 Å². The molecule has 2 nitrogen and oxygen atoms in total. The quantitative estimate of drug-likeness (QED) is 0.822. The fourth-order valence-corrected chi connectivity index (χ4v) is 3.26. The van der Waals surface area contributed by atoms with Gasteiger partial charge in [-0.15, -0.1) is 0 Å². The van der Waals surface area contributed by atoms with E-state index in [0.717, 1.165) is 31.6 Å². The molecule has 0 amide bonds. The highest BCUT2D eigenvalue weighted by molar-refractivity contribution is 5.74. The van der Waals surface area contributed by atoms with Crippen molar-refractivity contribution in [1.82, 2.24) is 0 Å². The predicted molar refractivity (Wildman–Crippen MR) is 74.6 cm³/mol. The van der Waals surface area contributed by atoms with E-state index in [-0.39, 0.29) is 11.5 Å². The van der Waals surface area contributed by atoms with Crippen LogP contribution in [0, 0.1) is 5.41 Å². The van der Waals surface area contributed by atoms with E-state index < -0.39 is 0 Å². The third kappa shape index (κ3) is 2.05. The molecule has 96 valence electrons. The van der Waals surface area contributed by atoms with Crippen LogP contribution in [0.4, 0.5) is 0 Å². The van der Waals surface area contributed by atoms with Crippen LogP contribution in [0.1, 0.15) is 37.8 Å². The molecule has 2 aliphatic rings. The Bertz CT molecular complexity index is 502. The van der Waals surface area contributed by atoms with Gasteiger partial charge in [0.25, 0.3) is 0 Å². The second-order valence-corrected chi connectivity index (χ2v) is 6.29. The van der Waals surface area contributed by atoms with Gasteiger partial charge in [0, 0.05) is 18.0 Å². The van der Waals surface area contributed by atoms with Crippen molar-refractivity contribution in [3.63, 3.8) is 0 Å². The molecule has 0 saturated carbocycles. The zero-order valence-electron chi connectivity index (χ0n) is 11.2. The third-order valence-electron chi connectivity index (χ3n) is 3.93. The van der Waals surface area contributed by atoms with Crippen molar-refractivity contribution in [2.24, 2.45) is 11.1 Å². The second kappa shape index (κ2) is 4.13. The van der Waals surface area contributed by atoms with Crippen LogP contribution >= 0.6 is 0 Å². The molecule has 0 aromatic heterocycles. The van der Waals surface area contributed by atoms with Crippen LogP contribution in [0.2, 0.25) is 0 Å². The fourth-order valence-electron chi connectivity index (χ4n) is 3.26. The lowest BCUT2D eigenvalue weighted by atomic mass is 9.74. The van der Waals surface area contributed by atoms with Gasteiger partial charge in [-0.1, -0.05) is 38.1 Å². The number of nitrogens with two attached hydrogens (primary N) is 1. The number of rotatable bonds is 1. The summed E-state index contributed by atoms with van der Waals surface area (Å²) in [6.07, 6.45) is 5.40. The third-order valence-corrected chi connectivity index (χ3v) is 3.93. The molecule has 0 bridgehead atoms. The van der Waals surface area contributed by atoms with Gasteiger partial charge in [-0.2, -0.15) is 0 Å². The Hall–Kier alpha value is -1.28. The molecule has 1 atom stereocenters. The Morgan fingerprint density at radius 2 is 2.17 bits per heavy atom. The first-order valence-corrected chi connectivity index (χ1v) is 6.76.